The van der Waals surface area contributed by atoms with Crippen molar-refractivity contribution in [1.29, 1.82) is 0 Å². The maximum Gasteiger partial charge on any atom is 0.322 e. The van der Waals surface area contributed by atoms with E-state index >= 15 is 0 Å². The van der Waals surface area contributed by atoms with Crippen molar-refractivity contribution in [1.82, 2.24) is 9.55 Å². The van der Waals surface area contributed by atoms with Crippen molar-refractivity contribution in [2.45, 2.75) is 12.6 Å². The molecule has 66 valence electrons. The molecule has 1 aromatic heterocycles. The second kappa shape index (κ2) is 3.68. The fraction of sp³-hybridized carbons (Fsp3) is 0.333. The number of rotatable bonds is 3. The Labute approximate surface area is 77.3 Å². The number of hydrogen-bond acceptors (Lipinski definition) is 3. The fourth-order valence-corrected chi connectivity index (χ4v) is 1.12. The second-order valence-corrected chi connectivity index (χ2v) is 3.00. The van der Waals surface area contributed by atoms with Gasteiger partial charge in [0.1, 0.15) is 6.04 Å². The van der Waals surface area contributed by atoms with Gasteiger partial charge in [0.15, 0.2) is 4.73 Å². The highest BCUT2D eigenvalue weighted by Crippen LogP contribution is 2.06. The van der Waals surface area contributed by atoms with Crippen molar-refractivity contribution in [3.63, 3.8) is 0 Å². The quantitative estimate of drug-likeness (QED) is 0.774. The molecule has 3 N–H and O–H groups in total. The SMILES string of the molecule is NC(Cn1ccnc1Br)C(=O)O. The summed E-state index contributed by atoms with van der Waals surface area (Å²) in [6.45, 7) is 0.218. The van der Waals surface area contributed by atoms with Crippen LogP contribution in [0.15, 0.2) is 17.1 Å². The Morgan fingerprint density at radius 2 is 2.58 bits per heavy atom. The summed E-state index contributed by atoms with van der Waals surface area (Å²) in [5.41, 5.74) is 5.31. The van der Waals surface area contributed by atoms with Crippen LogP contribution in [-0.2, 0) is 11.3 Å². The van der Waals surface area contributed by atoms with Crippen LogP contribution in [0.5, 0.6) is 0 Å². The minimum absolute atomic E-state index is 0.218. The number of nitrogens with zero attached hydrogens (tertiary/aromatic N) is 2. The Morgan fingerprint density at radius 3 is 3.00 bits per heavy atom. The van der Waals surface area contributed by atoms with Gasteiger partial charge in [0.05, 0.1) is 6.54 Å². The summed E-state index contributed by atoms with van der Waals surface area (Å²) in [5, 5.41) is 8.50. The van der Waals surface area contributed by atoms with Crippen LogP contribution < -0.4 is 5.73 Å². The molecule has 1 aromatic rings. The van der Waals surface area contributed by atoms with Crippen molar-refractivity contribution < 1.29 is 9.90 Å². The lowest BCUT2D eigenvalue weighted by Gasteiger charge is -2.07. The number of carbonyl (C=O) groups is 1. The molecule has 0 radical (unpaired) electrons. The summed E-state index contributed by atoms with van der Waals surface area (Å²) in [6.07, 6.45) is 3.23. The number of hydrogen-bond donors (Lipinski definition) is 2. The zero-order valence-electron chi connectivity index (χ0n) is 6.14. The molecule has 0 aliphatic carbocycles. The standard InChI is InChI=1S/C6H8BrN3O2/c7-6-9-1-2-10(6)3-4(8)5(11)12/h1-2,4H,3,8H2,(H,11,12). The molecular formula is C6H8BrN3O2. The van der Waals surface area contributed by atoms with E-state index in [1.165, 1.54) is 0 Å². The first-order valence-electron chi connectivity index (χ1n) is 3.26. The van der Waals surface area contributed by atoms with Crippen molar-refractivity contribution in [3.8, 4) is 0 Å². The summed E-state index contributed by atoms with van der Waals surface area (Å²) < 4.78 is 2.21. The van der Waals surface area contributed by atoms with Gasteiger partial charge in [0, 0.05) is 12.4 Å². The number of carboxylic acid groups (broad SMARTS) is 1. The minimum Gasteiger partial charge on any atom is -0.480 e. The third-order valence-corrected chi connectivity index (χ3v) is 2.04. The van der Waals surface area contributed by atoms with Gasteiger partial charge in [-0.2, -0.15) is 0 Å². The number of halogens is 1. The van der Waals surface area contributed by atoms with Gasteiger partial charge < -0.3 is 15.4 Å². The van der Waals surface area contributed by atoms with E-state index in [0.717, 1.165) is 0 Å². The molecule has 1 atom stereocenters. The molecule has 1 unspecified atom stereocenters. The van der Waals surface area contributed by atoms with Crippen molar-refractivity contribution in [2.24, 2.45) is 5.73 Å². The molecule has 0 aromatic carbocycles. The van der Waals surface area contributed by atoms with E-state index in [-0.39, 0.29) is 6.54 Å². The van der Waals surface area contributed by atoms with Crippen LogP contribution in [0, 0.1) is 0 Å². The van der Waals surface area contributed by atoms with Gasteiger partial charge in [0.2, 0.25) is 0 Å². The van der Waals surface area contributed by atoms with Crippen LogP contribution in [0.1, 0.15) is 0 Å². The van der Waals surface area contributed by atoms with Crippen molar-refractivity contribution in [2.75, 3.05) is 0 Å². The number of aromatic nitrogens is 2. The van der Waals surface area contributed by atoms with Crippen LogP contribution in [0.4, 0.5) is 0 Å². The van der Waals surface area contributed by atoms with Gasteiger partial charge in [-0.1, -0.05) is 0 Å². The third-order valence-electron chi connectivity index (χ3n) is 1.38. The van der Waals surface area contributed by atoms with E-state index in [1.54, 1.807) is 17.0 Å². The number of carboxylic acids is 1. The lowest BCUT2D eigenvalue weighted by atomic mass is 10.3. The lowest BCUT2D eigenvalue weighted by Crippen LogP contribution is -2.34. The van der Waals surface area contributed by atoms with E-state index < -0.39 is 12.0 Å². The molecule has 0 saturated carbocycles. The summed E-state index contributed by atoms with van der Waals surface area (Å²) >= 11 is 3.15. The Kier molecular flexibility index (Phi) is 2.83. The van der Waals surface area contributed by atoms with Crippen molar-refractivity contribution >= 4 is 21.9 Å². The second-order valence-electron chi connectivity index (χ2n) is 2.29. The number of nitrogens with two attached hydrogens (primary N) is 1. The Hall–Kier alpha value is -0.880. The summed E-state index contributed by atoms with van der Waals surface area (Å²) in [6, 6.07) is -0.893. The van der Waals surface area contributed by atoms with Gasteiger partial charge in [-0.25, -0.2) is 4.98 Å². The van der Waals surface area contributed by atoms with Gasteiger partial charge in [-0.3, -0.25) is 4.79 Å². The average Bonchev–Trinajstić information content (AvgIpc) is 2.36. The highest BCUT2D eigenvalue weighted by molar-refractivity contribution is 9.10. The minimum atomic E-state index is -1.02. The molecule has 0 aliphatic heterocycles. The van der Waals surface area contributed by atoms with Crippen LogP contribution in [0.2, 0.25) is 0 Å². The predicted octanol–water partition coefficient (Wildman–Crippen LogP) is 0.0575. The Morgan fingerprint density at radius 1 is 1.92 bits per heavy atom. The molecule has 5 nitrogen and oxygen atoms in total. The molecule has 0 bridgehead atoms. The summed E-state index contributed by atoms with van der Waals surface area (Å²) in [4.78, 5) is 14.2. The van der Waals surface area contributed by atoms with Gasteiger partial charge in [0.25, 0.3) is 0 Å². The number of imidazole rings is 1. The average molecular weight is 234 g/mol. The third kappa shape index (κ3) is 2.05. The van der Waals surface area contributed by atoms with Gasteiger partial charge in [-0.05, 0) is 15.9 Å². The van der Waals surface area contributed by atoms with Crippen LogP contribution in [0.25, 0.3) is 0 Å². The molecule has 1 heterocycles. The molecule has 0 fully saturated rings. The fourth-order valence-electron chi connectivity index (χ4n) is 0.737. The van der Waals surface area contributed by atoms with Crippen molar-refractivity contribution in [3.05, 3.63) is 17.1 Å². The van der Waals surface area contributed by atoms with Crippen LogP contribution in [-0.4, -0.2) is 26.7 Å². The first-order valence-corrected chi connectivity index (χ1v) is 4.05. The zero-order chi connectivity index (χ0) is 9.14. The van der Waals surface area contributed by atoms with E-state index in [2.05, 4.69) is 20.9 Å². The largest absolute Gasteiger partial charge is 0.480 e. The smallest absolute Gasteiger partial charge is 0.322 e. The highest BCUT2D eigenvalue weighted by atomic mass is 79.9. The topological polar surface area (TPSA) is 81.1 Å². The molecule has 0 saturated heterocycles. The molecule has 12 heavy (non-hydrogen) atoms. The monoisotopic (exact) mass is 233 g/mol. The Bertz CT molecular complexity index is 286. The Balaban J connectivity index is 2.64. The van der Waals surface area contributed by atoms with Gasteiger partial charge >= 0.3 is 5.97 Å². The molecular weight excluding hydrogens is 226 g/mol. The molecule has 0 aliphatic rings. The number of aliphatic carboxylic acids is 1. The lowest BCUT2D eigenvalue weighted by molar-refractivity contribution is -0.138. The first-order chi connectivity index (χ1) is 5.61. The molecule has 1 rings (SSSR count). The van der Waals surface area contributed by atoms with Crippen LogP contribution >= 0.6 is 15.9 Å². The summed E-state index contributed by atoms with van der Waals surface area (Å²) in [5.74, 6) is -1.02. The van der Waals surface area contributed by atoms with E-state index in [0.29, 0.717) is 4.73 Å². The first kappa shape index (κ1) is 9.21. The van der Waals surface area contributed by atoms with E-state index in [1.807, 2.05) is 0 Å². The van der Waals surface area contributed by atoms with Gasteiger partial charge in [-0.15, -0.1) is 0 Å². The normalized spacial score (nSPS) is 12.8. The zero-order valence-corrected chi connectivity index (χ0v) is 7.73. The maximum absolute atomic E-state index is 10.4. The van der Waals surface area contributed by atoms with E-state index in [4.69, 9.17) is 10.8 Å². The van der Waals surface area contributed by atoms with Crippen LogP contribution in [0.3, 0.4) is 0 Å². The highest BCUT2D eigenvalue weighted by Gasteiger charge is 2.12. The van der Waals surface area contributed by atoms with E-state index in [9.17, 15) is 4.79 Å². The molecule has 6 heteroatoms. The molecule has 0 amide bonds. The predicted molar refractivity (Wildman–Crippen MR) is 45.5 cm³/mol. The maximum atomic E-state index is 10.4. The molecule has 0 spiro atoms. The summed E-state index contributed by atoms with van der Waals surface area (Å²) in [7, 11) is 0.